The summed E-state index contributed by atoms with van der Waals surface area (Å²) in [4.78, 5) is 43.9. The minimum atomic E-state index is -1.31. The molecule has 4 heterocycles. The number of aryl methyl sites for hydroxylation is 1. The highest BCUT2D eigenvalue weighted by Gasteiger charge is 2.76. The molecule has 2 saturated heterocycles. The molecule has 1 aliphatic carbocycles. The topological polar surface area (TPSA) is 114 Å². The number of hydrogen-bond donors (Lipinski definition) is 2. The van der Waals surface area contributed by atoms with E-state index in [0.29, 0.717) is 23.9 Å². The zero-order chi connectivity index (χ0) is 29.8. The van der Waals surface area contributed by atoms with Crippen LogP contribution in [0.4, 0.5) is 11.5 Å². The molecule has 1 aromatic heterocycles. The van der Waals surface area contributed by atoms with Gasteiger partial charge in [-0.3, -0.25) is 19.3 Å². The fraction of sp³-hybridized carbons (Fsp3) is 0.412. The fourth-order valence-electron chi connectivity index (χ4n) is 7.67. The smallest absolute Gasteiger partial charge is 0.246 e. The lowest BCUT2D eigenvalue weighted by Gasteiger charge is -2.33. The second kappa shape index (κ2) is 10.5. The molecule has 2 aromatic carbocycles. The van der Waals surface area contributed by atoms with Crippen LogP contribution in [0.25, 0.3) is 0 Å². The first-order chi connectivity index (χ1) is 20.8. The highest BCUT2D eigenvalue weighted by molar-refractivity contribution is 6.11. The molecule has 0 radical (unpaired) electrons. The van der Waals surface area contributed by atoms with Crippen molar-refractivity contribution in [1.82, 2.24) is 10.5 Å². The van der Waals surface area contributed by atoms with Crippen molar-refractivity contribution >= 4 is 29.2 Å². The molecule has 7 rings (SSSR count). The van der Waals surface area contributed by atoms with Crippen molar-refractivity contribution in [3.05, 3.63) is 89.7 Å². The number of hydrogen-bond acceptors (Lipinski definition) is 6. The van der Waals surface area contributed by atoms with Gasteiger partial charge in [0.25, 0.3) is 0 Å². The number of carbonyl (C=O) groups is 3. The van der Waals surface area contributed by atoms with Crippen LogP contribution in [0.2, 0.25) is 0 Å². The molecule has 43 heavy (non-hydrogen) atoms. The largest absolute Gasteiger partial charge is 0.360 e. The van der Waals surface area contributed by atoms with E-state index in [0.717, 1.165) is 18.4 Å². The number of ether oxygens (including phenoxy) is 1. The second-order valence-electron chi connectivity index (χ2n) is 12.5. The fourth-order valence-corrected chi connectivity index (χ4v) is 7.67. The number of rotatable bonds is 7. The first-order valence-electron chi connectivity index (χ1n) is 15.2. The van der Waals surface area contributed by atoms with Crippen LogP contribution in [0.1, 0.15) is 61.8 Å². The van der Waals surface area contributed by atoms with Gasteiger partial charge in [0.05, 0.1) is 17.4 Å². The Morgan fingerprint density at radius 3 is 2.44 bits per heavy atom. The van der Waals surface area contributed by atoms with Gasteiger partial charge < -0.3 is 19.9 Å². The monoisotopic (exact) mass is 580 g/mol. The Kier molecular flexibility index (Phi) is 6.73. The Morgan fingerprint density at radius 2 is 1.74 bits per heavy atom. The molecule has 3 aliphatic heterocycles. The molecule has 1 spiro atoms. The van der Waals surface area contributed by atoms with E-state index in [1.807, 2.05) is 54.6 Å². The Bertz CT molecular complexity index is 1580. The van der Waals surface area contributed by atoms with Gasteiger partial charge in [-0.05, 0) is 55.9 Å². The van der Waals surface area contributed by atoms with E-state index in [4.69, 9.17) is 9.26 Å². The molecule has 4 aliphatic rings. The molecular weight excluding hydrogens is 544 g/mol. The van der Waals surface area contributed by atoms with Crippen LogP contribution in [0.5, 0.6) is 0 Å². The third kappa shape index (κ3) is 4.57. The average molecular weight is 581 g/mol. The van der Waals surface area contributed by atoms with Crippen LogP contribution in [-0.4, -0.2) is 40.1 Å². The summed E-state index contributed by atoms with van der Waals surface area (Å²) in [5, 5.41) is 9.74. The van der Waals surface area contributed by atoms with Crippen LogP contribution in [0.3, 0.4) is 0 Å². The van der Waals surface area contributed by atoms with Crippen LogP contribution in [0, 0.1) is 18.8 Å². The van der Waals surface area contributed by atoms with E-state index in [9.17, 15) is 14.4 Å². The van der Waals surface area contributed by atoms with Crippen LogP contribution < -0.4 is 15.5 Å². The molecular formula is C34H36N4O5. The van der Waals surface area contributed by atoms with Gasteiger partial charge in [0.2, 0.25) is 17.7 Å². The molecule has 222 valence electrons. The standard InChI is InChI=1S/C34H36N4O5/c1-21-19-26(37-42-21)36-30(39)27-28-32(41)38(25-15-13-24(14-16-25)23-11-7-4-8-12-23)29(34(28)18-17-33(27,2)43-34)31(40)35-20-22-9-5-3-6-10-22/h3,5-6,9-10,13-19,23,27-29H,4,7-8,11-12,20H2,1-2H3,(H,35,40)(H,36,37,39)/t27-,28+,29-,33+,34-/m1/s1. The quantitative estimate of drug-likeness (QED) is 0.379. The Hall–Kier alpha value is -4.24. The minimum absolute atomic E-state index is 0.268. The average Bonchev–Trinajstić information content (AvgIpc) is 3.73. The van der Waals surface area contributed by atoms with Gasteiger partial charge in [0, 0.05) is 18.3 Å². The molecule has 5 atom stereocenters. The molecule has 1 saturated carbocycles. The Labute approximate surface area is 250 Å². The van der Waals surface area contributed by atoms with Crippen molar-refractivity contribution in [2.75, 3.05) is 10.2 Å². The normalized spacial score (nSPS) is 29.6. The molecule has 0 unspecified atom stereocenters. The van der Waals surface area contributed by atoms with E-state index in [2.05, 4.69) is 27.9 Å². The van der Waals surface area contributed by atoms with E-state index >= 15 is 0 Å². The number of benzene rings is 2. The summed E-state index contributed by atoms with van der Waals surface area (Å²) in [6.45, 7) is 3.83. The summed E-state index contributed by atoms with van der Waals surface area (Å²) >= 11 is 0. The predicted octanol–water partition coefficient (Wildman–Crippen LogP) is 5.03. The zero-order valence-corrected chi connectivity index (χ0v) is 24.4. The van der Waals surface area contributed by atoms with Crippen molar-refractivity contribution in [3.63, 3.8) is 0 Å². The van der Waals surface area contributed by atoms with Crippen LogP contribution in [-0.2, 0) is 25.7 Å². The summed E-state index contributed by atoms with van der Waals surface area (Å²) in [6.07, 6.45) is 9.70. The molecule has 2 bridgehead atoms. The SMILES string of the molecule is Cc1cc(NC(=O)[C@H]2[C@H]3C(=O)N(c4ccc(C5CCCCC5)cc4)[C@H](C(=O)NCc4ccccc4)[C@@]34C=C[C@]2(C)O4)no1. The number of carbonyl (C=O) groups excluding carboxylic acids is 3. The molecule has 3 aromatic rings. The predicted molar refractivity (Wildman–Crippen MR) is 160 cm³/mol. The van der Waals surface area contributed by atoms with Crippen molar-refractivity contribution in [1.29, 1.82) is 0 Å². The first kappa shape index (κ1) is 27.6. The van der Waals surface area contributed by atoms with E-state index < -0.39 is 35.0 Å². The van der Waals surface area contributed by atoms with Crippen molar-refractivity contribution in [3.8, 4) is 0 Å². The number of fused-ring (bicyclic) bond motifs is 1. The van der Waals surface area contributed by atoms with Gasteiger partial charge in [-0.15, -0.1) is 0 Å². The molecule has 3 amide bonds. The summed E-state index contributed by atoms with van der Waals surface area (Å²) in [7, 11) is 0. The van der Waals surface area contributed by atoms with Gasteiger partial charge >= 0.3 is 0 Å². The molecule has 3 fully saturated rings. The number of nitrogens with one attached hydrogen (secondary N) is 2. The Morgan fingerprint density at radius 1 is 1.00 bits per heavy atom. The van der Waals surface area contributed by atoms with Gasteiger partial charge in [0.15, 0.2) is 5.82 Å². The maximum Gasteiger partial charge on any atom is 0.246 e. The summed E-state index contributed by atoms with van der Waals surface area (Å²) in [5.74, 6) is -1.50. The molecule has 2 N–H and O–H groups in total. The van der Waals surface area contributed by atoms with Gasteiger partial charge in [-0.1, -0.05) is 79.0 Å². The number of nitrogens with zero attached hydrogens (tertiary/aromatic N) is 2. The lowest BCUT2D eigenvalue weighted by Crippen LogP contribution is -2.54. The van der Waals surface area contributed by atoms with Crippen molar-refractivity contribution in [2.45, 2.75) is 75.7 Å². The number of amides is 3. The van der Waals surface area contributed by atoms with E-state index in [-0.39, 0.29) is 17.6 Å². The summed E-state index contributed by atoms with van der Waals surface area (Å²) < 4.78 is 11.8. The number of aromatic nitrogens is 1. The first-order valence-corrected chi connectivity index (χ1v) is 15.2. The van der Waals surface area contributed by atoms with Crippen LogP contribution in [0.15, 0.2) is 77.3 Å². The van der Waals surface area contributed by atoms with Crippen LogP contribution >= 0.6 is 0 Å². The van der Waals surface area contributed by atoms with E-state index in [1.165, 1.54) is 24.8 Å². The third-order valence-corrected chi connectivity index (χ3v) is 9.66. The third-order valence-electron chi connectivity index (χ3n) is 9.66. The second-order valence-corrected chi connectivity index (χ2v) is 12.5. The van der Waals surface area contributed by atoms with Crippen molar-refractivity contribution in [2.24, 2.45) is 11.8 Å². The summed E-state index contributed by atoms with van der Waals surface area (Å²) in [5.41, 5.74) is 0.430. The lowest BCUT2D eigenvalue weighted by atomic mass is 9.70. The maximum atomic E-state index is 14.5. The highest BCUT2D eigenvalue weighted by Crippen LogP contribution is 2.60. The maximum absolute atomic E-state index is 14.5. The highest BCUT2D eigenvalue weighted by atomic mass is 16.5. The number of anilines is 2. The zero-order valence-electron chi connectivity index (χ0n) is 24.4. The van der Waals surface area contributed by atoms with E-state index in [1.54, 1.807) is 24.8 Å². The van der Waals surface area contributed by atoms with Crippen molar-refractivity contribution < 1.29 is 23.6 Å². The molecule has 9 heteroatoms. The van der Waals surface area contributed by atoms with Gasteiger partial charge in [0.1, 0.15) is 17.4 Å². The lowest BCUT2D eigenvalue weighted by molar-refractivity contribution is -0.131. The molecule has 9 nitrogen and oxygen atoms in total. The summed E-state index contributed by atoms with van der Waals surface area (Å²) in [6, 6.07) is 18.3. The van der Waals surface area contributed by atoms with Gasteiger partial charge in [-0.2, -0.15) is 0 Å². The Balaban J connectivity index is 1.24. The van der Waals surface area contributed by atoms with Gasteiger partial charge in [-0.25, -0.2) is 0 Å². The minimum Gasteiger partial charge on any atom is -0.360 e.